The van der Waals surface area contributed by atoms with Crippen molar-refractivity contribution in [3.8, 4) is 22.6 Å². The van der Waals surface area contributed by atoms with Crippen LogP contribution >= 0.6 is 0 Å². The predicted molar refractivity (Wildman–Crippen MR) is 136 cm³/mol. The first-order valence-corrected chi connectivity index (χ1v) is 11.9. The summed E-state index contributed by atoms with van der Waals surface area (Å²) >= 11 is 0. The van der Waals surface area contributed by atoms with Crippen molar-refractivity contribution < 1.29 is 29.1 Å². The molecule has 36 heavy (non-hydrogen) atoms. The maximum atomic E-state index is 12.6. The molecule has 8 heteroatoms. The number of nitrogens with zero attached hydrogens (tertiary/aromatic N) is 1. The molecule has 188 valence electrons. The van der Waals surface area contributed by atoms with Crippen LogP contribution in [0.1, 0.15) is 66.7 Å². The van der Waals surface area contributed by atoms with Crippen LogP contribution in [-0.4, -0.2) is 28.1 Å². The van der Waals surface area contributed by atoms with Gasteiger partial charge in [0.05, 0.1) is 22.2 Å². The Bertz CT molecular complexity index is 1200. The molecule has 0 radical (unpaired) electrons. The lowest BCUT2D eigenvalue weighted by atomic mass is 10.0. The molecule has 3 rings (SSSR count). The highest BCUT2D eigenvalue weighted by Gasteiger charge is 2.21. The number of aromatic carboxylic acids is 1. The van der Waals surface area contributed by atoms with E-state index in [1.54, 1.807) is 36.4 Å². The second kappa shape index (κ2) is 12.5. The predicted octanol–water partition coefficient (Wildman–Crippen LogP) is 6.92. The third-order valence-corrected chi connectivity index (χ3v) is 5.71. The van der Waals surface area contributed by atoms with Gasteiger partial charge in [-0.05, 0) is 67.3 Å². The molecule has 0 saturated heterocycles. The van der Waals surface area contributed by atoms with E-state index in [0.29, 0.717) is 0 Å². The van der Waals surface area contributed by atoms with Crippen LogP contribution in [-0.2, 0) is 0 Å². The SMILES string of the molecule is CCCCCCC(C)Oc1ccc(C(=O)Oc2ccc(-c3ccc(C(=O)O)cc3)cc2)cc1[N+](=O)[O-]. The quantitative estimate of drug-likeness (QED) is 0.0961. The number of esters is 1. The fourth-order valence-corrected chi connectivity index (χ4v) is 3.71. The number of carbonyl (C=O) groups excluding carboxylic acids is 1. The maximum absolute atomic E-state index is 12.6. The summed E-state index contributed by atoms with van der Waals surface area (Å²) in [5.74, 6) is -1.33. The van der Waals surface area contributed by atoms with E-state index in [9.17, 15) is 19.7 Å². The second-order valence-electron chi connectivity index (χ2n) is 8.51. The van der Waals surface area contributed by atoms with Gasteiger partial charge in [-0.15, -0.1) is 0 Å². The van der Waals surface area contributed by atoms with E-state index in [0.717, 1.165) is 43.2 Å². The van der Waals surface area contributed by atoms with Gasteiger partial charge in [0, 0.05) is 6.07 Å². The molecule has 0 bridgehead atoms. The van der Waals surface area contributed by atoms with Gasteiger partial charge < -0.3 is 14.6 Å². The first-order valence-electron chi connectivity index (χ1n) is 11.9. The summed E-state index contributed by atoms with van der Waals surface area (Å²) in [6, 6.07) is 17.1. The molecule has 3 aromatic carbocycles. The third-order valence-electron chi connectivity index (χ3n) is 5.71. The number of ether oxygens (including phenoxy) is 2. The number of benzene rings is 3. The van der Waals surface area contributed by atoms with E-state index < -0.39 is 16.9 Å². The molecule has 1 N–H and O–H groups in total. The highest BCUT2D eigenvalue weighted by atomic mass is 16.6. The molecule has 3 aromatic rings. The van der Waals surface area contributed by atoms with Gasteiger partial charge in [0.25, 0.3) is 0 Å². The monoisotopic (exact) mass is 491 g/mol. The largest absolute Gasteiger partial charge is 0.484 e. The molecule has 1 unspecified atom stereocenters. The average Bonchev–Trinajstić information content (AvgIpc) is 2.87. The Morgan fingerprint density at radius 3 is 2.11 bits per heavy atom. The van der Waals surface area contributed by atoms with E-state index in [-0.39, 0.29) is 34.4 Å². The van der Waals surface area contributed by atoms with Crippen LogP contribution in [0.2, 0.25) is 0 Å². The molecule has 0 spiro atoms. The smallest absolute Gasteiger partial charge is 0.343 e. The number of hydrogen-bond acceptors (Lipinski definition) is 6. The van der Waals surface area contributed by atoms with E-state index in [4.69, 9.17) is 14.6 Å². The minimum Gasteiger partial charge on any atom is -0.484 e. The molecule has 0 saturated carbocycles. The maximum Gasteiger partial charge on any atom is 0.343 e. The van der Waals surface area contributed by atoms with Gasteiger partial charge in [-0.3, -0.25) is 10.1 Å². The third kappa shape index (κ3) is 7.15. The molecule has 0 amide bonds. The Labute approximate surface area is 209 Å². The summed E-state index contributed by atoms with van der Waals surface area (Å²) < 4.78 is 11.2. The van der Waals surface area contributed by atoms with Gasteiger partial charge in [-0.2, -0.15) is 0 Å². The molecule has 0 aromatic heterocycles. The lowest BCUT2D eigenvalue weighted by molar-refractivity contribution is -0.386. The summed E-state index contributed by atoms with van der Waals surface area (Å²) in [5.41, 5.74) is 1.57. The number of hydrogen-bond donors (Lipinski definition) is 1. The number of nitro groups is 1. The number of carboxylic acid groups (broad SMARTS) is 1. The molecular weight excluding hydrogens is 462 g/mol. The first kappa shape index (κ1) is 26.4. The number of rotatable bonds is 12. The van der Waals surface area contributed by atoms with E-state index in [2.05, 4.69) is 6.92 Å². The normalized spacial score (nSPS) is 11.5. The molecule has 0 aliphatic heterocycles. The van der Waals surface area contributed by atoms with Gasteiger partial charge in [0.15, 0.2) is 5.75 Å². The summed E-state index contributed by atoms with van der Waals surface area (Å²) in [4.78, 5) is 34.7. The highest BCUT2D eigenvalue weighted by Crippen LogP contribution is 2.30. The zero-order valence-electron chi connectivity index (χ0n) is 20.3. The van der Waals surface area contributed by atoms with Crippen molar-refractivity contribution in [2.24, 2.45) is 0 Å². The Kier molecular flexibility index (Phi) is 9.16. The van der Waals surface area contributed by atoms with Crippen LogP contribution in [0.4, 0.5) is 5.69 Å². The van der Waals surface area contributed by atoms with Crippen molar-refractivity contribution in [3.05, 3.63) is 88.0 Å². The number of carbonyl (C=O) groups is 2. The zero-order chi connectivity index (χ0) is 26.1. The Hall–Kier alpha value is -4.20. The molecule has 0 aliphatic rings. The van der Waals surface area contributed by atoms with Crippen molar-refractivity contribution in [3.63, 3.8) is 0 Å². The fraction of sp³-hybridized carbons (Fsp3) is 0.286. The molecule has 0 heterocycles. The van der Waals surface area contributed by atoms with Crippen molar-refractivity contribution in [1.82, 2.24) is 0 Å². The molecule has 0 aliphatic carbocycles. The Morgan fingerprint density at radius 1 is 0.917 bits per heavy atom. The lowest BCUT2D eigenvalue weighted by Gasteiger charge is -2.15. The van der Waals surface area contributed by atoms with E-state index in [1.165, 1.54) is 30.3 Å². The molecule has 8 nitrogen and oxygen atoms in total. The zero-order valence-corrected chi connectivity index (χ0v) is 20.3. The highest BCUT2D eigenvalue weighted by molar-refractivity contribution is 5.92. The summed E-state index contributed by atoms with van der Waals surface area (Å²) in [5, 5.41) is 20.6. The molecular formula is C28H29NO7. The van der Waals surface area contributed by atoms with Gasteiger partial charge in [-0.25, -0.2) is 9.59 Å². The van der Waals surface area contributed by atoms with Gasteiger partial charge in [0.2, 0.25) is 0 Å². The summed E-state index contributed by atoms with van der Waals surface area (Å²) in [7, 11) is 0. The van der Waals surface area contributed by atoms with Crippen molar-refractivity contribution in [1.29, 1.82) is 0 Å². The second-order valence-corrected chi connectivity index (χ2v) is 8.51. The van der Waals surface area contributed by atoms with Crippen molar-refractivity contribution in [2.45, 2.75) is 52.1 Å². The van der Waals surface area contributed by atoms with Crippen molar-refractivity contribution >= 4 is 17.6 Å². The standard InChI is InChI=1S/C28H29NO7/c1-3-4-5-6-7-19(2)35-26-17-14-23(18-25(26)29(33)34)28(32)36-24-15-12-21(13-16-24)20-8-10-22(11-9-20)27(30)31/h8-19H,3-7H2,1-2H3,(H,30,31). The summed E-state index contributed by atoms with van der Waals surface area (Å²) in [6.45, 7) is 4.01. The van der Waals surface area contributed by atoms with E-state index in [1.807, 2.05) is 6.92 Å². The van der Waals surface area contributed by atoms with Crippen LogP contribution in [0.15, 0.2) is 66.7 Å². The first-order chi connectivity index (χ1) is 17.3. The van der Waals surface area contributed by atoms with Crippen LogP contribution in [0.3, 0.4) is 0 Å². The lowest BCUT2D eigenvalue weighted by Crippen LogP contribution is -2.14. The van der Waals surface area contributed by atoms with Crippen LogP contribution in [0.25, 0.3) is 11.1 Å². The van der Waals surface area contributed by atoms with Gasteiger partial charge >= 0.3 is 17.6 Å². The Balaban J connectivity index is 1.66. The van der Waals surface area contributed by atoms with Gasteiger partial charge in [0.1, 0.15) is 5.75 Å². The van der Waals surface area contributed by atoms with Crippen LogP contribution in [0.5, 0.6) is 11.5 Å². The van der Waals surface area contributed by atoms with Crippen LogP contribution < -0.4 is 9.47 Å². The van der Waals surface area contributed by atoms with E-state index >= 15 is 0 Å². The number of nitro benzene ring substituents is 1. The summed E-state index contributed by atoms with van der Waals surface area (Å²) in [6.07, 6.45) is 4.96. The Morgan fingerprint density at radius 2 is 1.53 bits per heavy atom. The minimum absolute atomic E-state index is 0.0398. The average molecular weight is 492 g/mol. The molecule has 0 fully saturated rings. The fourth-order valence-electron chi connectivity index (χ4n) is 3.71. The van der Waals surface area contributed by atoms with Crippen molar-refractivity contribution in [2.75, 3.05) is 0 Å². The number of unbranched alkanes of at least 4 members (excludes halogenated alkanes) is 3. The topological polar surface area (TPSA) is 116 Å². The van der Waals surface area contributed by atoms with Crippen LogP contribution in [0, 0.1) is 10.1 Å². The minimum atomic E-state index is -0.999. The number of carboxylic acids is 1. The van der Waals surface area contributed by atoms with Gasteiger partial charge in [-0.1, -0.05) is 50.5 Å². The molecule has 1 atom stereocenters.